The molecule has 2 aromatic rings. The third-order valence-electron chi connectivity index (χ3n) is 3.46. The molecule has 1 aromatic carbocycles. The average molecular weight is 337 g/mol. The lowest BCUT2D eigenvalue weighted by atomic mass is 10.2. The van der Waals surface area contributed by atoms with Crippen molar-refractivity contribution < 1.29 is 9.18 Å². The van der Waals surface area contributed by atoms with Crippen LogP contribution in [0.5, 0.6) is 0 Å². The first-order valence-corrected chi connectivity index (χ1v) is 8.45. The number of aromatic nitrogens is 2. The number of rotatable bonds is 6. The minimum atomic E-state index is -0.443. The van der Waals surface area contributed by atoms with E-state index in [1.807, 2.05) is 6.92 Å². The Morgan fingerprint density at radius 2 is 2.13 bits per heavy atom. The molecule has 0 fully saturated rings. The maximum absolute atomic E-state index is 13.3. The Morgan fingerprint density at radius 3 is 2.78 bits per heavy atom. The summed E-state index contributed by atoms with van der Waals surface area (Å²) < 4.78 is 14.9. The summed E-state index contributed by atoms with van der Waals surface area (Å²) >= 11 is 1.45. The lowest BCUT2D eigenvalue weighted by Gasteiger charge is -2.12. The van der Waals surface area contributed by atoms with Gasteiger partial charge < -0.3 is 4.90 Å². The van der Waals surface area contributed by atoms with Crippen molar-refractivity contribution in [3.63, 3.8) is 0 Å². The fraction of sp³-hybridized carbons (Fsp3) is 0.438. The van der Waals surface area contributed by atoms with Crippen molar-refractivity contribution in [2.45, 2.75) is 31.5 Å². The zero-order chi connectivity index (χ0) is 17.0. The Morgan fingerprint density at radius 1 is 1.39 bits per heavy atom. The quantitative estimate of drug-likeness (QED) is 0.462. The van der Waals surface area contributed by atoms with Gasteiger partial charge in [0.05, 0.1) is 10.9 Å². The van der Waals surface area contributed by atoms with Gasteiger partial charge in [0.15, 0.2) is 5.16 Å². The van der Waals surface area contributed by atoms with E-state index in [-0.39, 0.29) is 11.5 Å². The number of nitrogens with zero attached hydrogens (tertiary/aromatic N) is 3. The molecule has 1 aromatic heterocycles. The second-order valence-electron chi connectivity index (χ2n) is 5.35. The molecule has 0 N–H and O–H groups in total. The molecule has 0 aliphatic heterocycles. The van der Waals surface area contributed by atoms with Crippen molar-refractivity contribution in [2.24, 2.45) is 0 Å². The minimum absolute atomic E-state index is 0.0837. The van der Waals surface area contributed by atoms with E-state index in [1.54, 1.807) is 23.6 Å². The SMILES string of the molecule is CCn1c(SCCCC(=O)N(C)C)nc2ccc(F)cc2c1=O. The zero-order valence-electron chi connectivity index (χ0n) is 13.5. The largest absolute Gasteiger partial charge is 0.349 e. The number of fused-ring (bicyclic) bond motifs is 1. The molecule has 0 bridgehead atoms. The zero-order valence-corrected chi connectivity index (χ0v) is 14.3. The van der Waals surface area contributed by atoms with Crippen LogP contribution in [0.3, 0.4) is 0 Å². The molecule has 0 radical (unpaired) electrons. The fourth-order valence-corrected chi connectivity index (χ4v) is 3.17. The van der Waals surface area contributed by atoms with Gasteiger partial charge in [0, 0.05) is 32.8 Å². The first kappa shape index (κ1) is 17.5. The topological polar surface area (TPSA) is 55.2 Å². The highest BCUT2D eigenvalue weighted by Crippen LogP contribution is 2.19. The van der Waals surface area contributed by atoms with Crippen LogP contribution in [0, 0.1) is 5.82 Å². The Bertz CT molecular complexity index is 774. The Hall–Kier alpha value is -1.89. The van der Waals surface area contributed by atoms with Crippen molar-refractivity contribution in [1.29, 1.82) is 0 Å². The van der Waals surface area contributed by atoms with Crippen molar-refractivity contribution in [3.05, 3.63) is 34.4 Å². The van der Waals surface area contributed by atoms with Gasteiger partial charge in [-0.05, 0) is 31.5 Å². The number of thioether (sulfide) groups is 1. The molecule has 0 unspecified atom stereocenters. The molecule has 7 heteroatoms. The van der Waals surface area contributed by atoms with E-state index >= 15 is 0 Å². The Labute approximate surface area is 138 Å². The van der Waals surface area contributed by atoms with E-state index in [0.29, 0.717) is 41.2 Å². The molecule has 5 nitrogen and oxygen atoms in total. The van der Waals surface area contributed by atoms with Gasteiger partial charge in [-0.1, -0.05) is 11.8 Å². The maximum atomic E-state index is 13.3. The van der Waals surface area contributed by atoms with Gasteiger partial charge in [-0.3, -0.25) is 14.2 Å². The van der Waals surface area contributed by atoms with Crippen LogP contribution in [0.1, 0.15) is 19.8 Å². The number of hydrogen-bond acceptors (Lipinski definition) is 4. The normalized spacial score (nSPS) is 11.0. The molecule has 0 spiro atoms. The van der Waals surface area contributed by atoms with Gasteiger partial charge in [0.25, 0.3) is 5.56 Å². The van der Waals surface area contributed by atoms with Gasteiger partial charge in [-0.2, -0.15) is 0 Å². The average Bonchev–Trinajstić information content (AvgIpc) is 2.52. The van der Waals surface area contributed by atoms with Crippen molar-refractivity contribution in [1.82, 2.24) is 14.5 Å². The van der Waals surface area contributed by atoms with Crippen LogP contribution in [-0.4, -0.2) is 40.2 Å². The van der Waals surface area contributed by atoms with Crippen LogP contribution >= 0.6 is 11.8 Å². The summed E-state index contributed by atoms with van der Waals surface area (Å²) in [7, 11) is 3.46. The van der Waals surface area contributed by atoms with Crippen molar-refractivity contribution in [2.75, 3.05) is 19.8 Å². The van der Waals surface area contributed by atoms with E-state index in [2.05, 4.69) is 4.98 Å². The highest BCUT2D eigenvalue weighted by molar-refractivity contribution is 7.99. The second kappa shape index (κ2) is 7.59. The summed E-state index contributed by atoms with van der Waals surface area (Å²) in [5.74, 6) is 0.334. The molecule has 2 rings (SSSR count). The van der Waals surface area contributed by atoms with E-state index in [1.165, 1.54) is 30.0 Å². The van der Waals surface area contributed by atoms with Crippen LogP contribution in [0.4, 0.5) is 4.39 Å². The van der Waals surface area contributed by atoms with E-state index < -0.39 is 5.82 Å². The molecule has 0 saturated carbocycles. The number of benzene rings is 1. The van der Waals surface area contributed by atoms with Gasteiger partial charge in [-0.25, -0.2) is 9.37 Å². The molecular formula is C16H20FN3O2S. The summed E-state index contributed by atoms with van der Waals surface area (Å²) in [6.07, 6.45) is 1.18. The Balaban J connectivity index is 2.18. The standard InChI is InChI=1S/C16H20FN3O2S/c1-4-20-15(22)12-10-11(17)7-8-13(12)18-16(20)23-9-5-6-14(21)19(2)3/h7-8,10H,4-6,9H2,1-3H3. The van der Waals surface area contributed by atoms with Gasteiger partial charge in [-0.15, -0.1) is 0 Å². The first-order chi connectivity index (χ1) is 10.9. The van der Waals surface area contributed by atoms with Crippen LogP contribution in [0.25, 0.3) is 10.9 Å². The van der Waals surface area contributed by atoms with E-state index in [4.69, 9.17) is 0 Å². The molecule has 1 heterocycles. The molecule has 1 amide bonds. The van der Waals surface area contributed by atoms with Crippen LogP contribution in [-0.2, 0) is 11.3 Å². The summed E-state index contributed by atoms with van der Waals surface area (Å²) in [6.45, 7) is 2.32. The molecule has 23 heavy (non-hydrogen) atoms. The van der Waals surface area contributed by atoms with E-state index in [9.17, 15) is 14.0 Å². The Kier molecular flexibility index (Phi) is 5.76. The number of halogens is 1. The molecule has 0 aliphatic rings. The van der Waals surface area contributed by atoms with Gasteiger partial charge >= 0.3 is 0 Å². The molecule has 0 aliphatic carbocycles. The van der Waals surface area contributed by atoms with Crippen molar-refractivity contribution >= 4 is 28.6 Å². The van der Waals surface area contributed by atoms with Crippen LogP contribution in [0.2, 0.25) is 0 Å². The van der Waals surface area contributed by atoms with Crippen molar-refractivity contribution in [3.8, 4) is 0 Å². The maximum Gasteiger partial charge on any atom is 0.262 e. The van der Waals surface area contributed by atoms with Gasteiger partial charge in [0.2, 0.25) is 5.91 Å². The monoisotopic (exact) mass is 337 g/mol. The smallest absolute Gasteiger partial charge is 0.262 e. The van der Waals surface area contributed by atoms with E-state index in [0.717, 1.165) is 0 Å². The predicted molar refractivity (Wildman–Crippen MR) is 90.3 cm³/mol. The summed E-state index contributed by atoms with van der Waals surface area (Å²) in [6, 6.07) is 4.04. The number of hydrogen-bond donors (Lipinski definition) is 0. The molecular weight excluding hydrogens is 317 g/mol. The van der Waals surface area contributed by atoms with Crippen LogP contribution < -0.4 is 5.56 Å². The lowest BCUT2D eigenvalue weighted by molar-refractivity contribution is -0.128. The lowest BCUT2D eigenvalue weighted by Crippen LogP contribution is -2.23. The molecule has 0 saturated heterocycles. The molecule has 124 valence electrons. The fourth-order valence-electron chi connectivity index (χ4n) is 2.17. The highest BCUT2D eigenvalue weighted by atomic mass is 32.2. The summed E-state index contributed by atoms with van der Waals surface area (Å²) in [5, 5.41) is 0.896. The number of carbonyl (C=O) groups excluding carboxylic acids is 1. The summed E-state index contributed by atoms with van der Waals surface area (Å²) in [4.78, 5) is 30.0. The third-order valence-corrected chi connectivity index (χ3v) is 4.53. The third kappa shape index (κ3) is 4.10. The minimum Gasteiger partial charge on any atom is -0.349 e. The second-order valence-corrected chi connectivity index (χ2v) is 6.41. The predicted octanol–water partition coefficient (Wildman–Crippen LogP) is 2.52. The summed E-state index contributed by atoms with van der Waals surface area (Å²) in [5.41, 5.74) is 0.261. The number of carbonyl (C=O) groups is 1. The van der Waals surface area contributed by atoms with Crippen LogP contribution in [0.15, 0.2) is 28.2 Å². The van der Waals surface area contributed by atoms with Gasteiger partial charge in [0.1, 0.15) is 5.82 Å². The number of amides is 1. The highest BCUT2D eigenvalue weighted by Gasteiger charge is 2.11. The first-order valence-electron chi connectivity index (χ1n) is 7.47. The molecule has 0 atom stereocenters.